The fourth-order valence-corrected chi connectivity index (χ4v) is 4.45. The van der Waals surface area contributed by atoms with Crippen molar-refractivity contribution in [3.63, 3.8) is 0 Å². The zero-order chi connectivity index (χ0) is 21.7. The number of aromatic nitrogens is 2. The van der Waals surface area contributed by atoms with Gasteiger partial charge in [0.1, 0.15) is 5.69 Å². The Balaban J connectivity index is 2.09. The van der Waals surface area contributed by atoms with Crippen molar-refractivity contribution in [2.75, 3.05) is 17.4 Å². The second-order valence-electron chi connectivity index (χ2n) is 6.36. The molecule has 158 valence electrons. The van der Waals surface area contributed by atoms with Crippen molar-refractivity contribution in [2.45, 2.75) is 20.3 Å². The van der Waals surface area contributed by atoms with Gasteiger partial charge in [0.15, 0.2) is 5.82 Å². The van der Waals surface area contributed by atoms with Gasteiger partial charge < -0.3 is 4.90 Å². The highest BCUT2D eigenvalue weighted by Crippen LogP contribution is 2.34. The maximum atomic E-state index is 13.1. The Bertz CT molecular complexity index is 1040. The van der Waals surface area contributed by atoms with Gasteiger partial charge in [-0.15, -0.1) is 0 Å². The van der Waals surface area contributed by atoms with Crippen LogP contribution >= 0.6 is 23.3 Å². The Morgan fingerprint density at radius 3 is 2.47 bits per heavy atom. The van der Waals surface area contributed by atoms with Gasteiger partial charge in [0.05, 0.1) is 23.0 Å². The number of carbonyl (C=O) groups excluding carboxylic acids is 1. The third kappa shape index (κ3) is 4.86. The average Bonchev–Trinajstić information content (AvgIpc) is 3.17. The lowest BCUT2D eigenvalue weighted by Gasteiger charge is -2.25. The molecule has 7 nitrogen and oxygen atoms in total. The van der Waals surface area contributed by atoms with E-state index >= 15 is 0 Å². The molecule has 3 rings (SSSR count). The van der Waals surface area contributed by atoms with Gasteiger partial charge in [-0.2, -0.15) is 8.75 Å². The molecule has 1 unspecified atom stereocenters. The smallest absolute Gasteiger partial charge is 0.268 e. The predicted octanol–water partition coefficient (Wildman–Crippen LogP) is 4.54. The number of hydrogen-bond donors (Lipinski definition) is 1. The summed E-state index contributed by atoms with van der Waals surface area (Å²) in [5.41, 5.74) is 2.00. The van der Waals surface area contributed by atoms with Crippen LogP contribution < -0.4 is 4.31 Å². The van der Waals surface area contributed by atoms with Gasteiger partial charge in [0, 0.05) is 24.5 Å². The van der Waals surface area contributed by atoms with E-state index in [4.69, 9.17) is 11.6 Å². The summed E-state index contributed by atoms with van der Waals surface area (Å²) < 4.78 is 32.2. The van der Waals surface area contributed by atoms with Crippen LogP contribution in [0.3, 0.4) is 0 Å². The molecule has 0 bridgehead atoms. The summed E-state index contributed by atoms with van der Waals surface area (Å²) in [4.78, 5) is 14.7. The van der Waals surface area contributed by atoms with Crippen molar-refractivity contribution in [1.29, 1.82) is 0 Å². The van der Waals surface area contributed by atoms with Gasteiger partial charge in [-0.1, -0.05) is 41.9 Å². The van der Waals surface area contributed by atoms with Gasteiger partial charge in [-0.05, 0) is 37.6 Å². The summed E-state index contributed by atoms with van der Waals surface area (Å²) in [5, 5.41) is 0.337. The Labute approximate surface area is 187 Å². The van der Waals surface area contributed by atoms with Crippen molar-refractivity contribution in [1.82, 2.24) is 13.6 Å². The minimum Gasteiger partial charge on any atom is -0.339 e. The first-order valence-corrected chi connectivity index (χ1v) is 11.5. The molecule has 0 radical (unpaired) electrons. The summed E-state index contributed by atoms with van der Waals surface area (Å²) in [6.07, 6.45) is 0.431. The molecule has 30 heavy (non-hydrogen) atoms. The molecule has 1 amide bonds. The lowest BCUT2D eigenvalue weighted by Crippen LogP contribution is -2.32. The largest absolute Gasteiger partial charge is 0.339 e. The van der Waals surface area contributed by atoms with Crippen LogP contribution in [0.15, 0.2) is 48.5 Å². The normalized spacial score (nSPS) is 11.9. The highest BCUT2D eigenvalue weighted by Gasteiger charge is 2.28. The van der Waals surface area contributed by atoms with E-state index in [1.54, 1.807) is 17.0 Å². The summed E-state index contributed by atoms with van der Waals surface area (Å²) in [6, 6.07) is 14.3. The van der Waals surface area contributed by atoms with Gasteiger partial charge in [-0.3, -0.25) is 9.35 Å². The first kappa shape index (κ1) is 22.4. The summed E-state index contributed by atoms with van der Waals surface area (Å²) >= 11 is 4.63. The zero-order valence-electron chi connectivity index (χ0n) is 16.5. The van der Waals surface area contributed by atoms with E-state index in [0.29, 0.717) is 30.2 Å². The van der Waals surface area contributed by atoms with E-state index in [1.165, 1.54) is 6.07 Å². The van der Waals surface area contributed by atoms with E-state index in [0.717, 1.165) is 21.6 Å². The molecular weight excluding hydrogens is 444 g/mol. The predicted molar refractivity (Wildman–Crippen MR) is 121 cm³/mol. The molecule has 0 saturated carbocycles. The molecule has 0 aliphatic rings. The highest BCUT2D eigenvalue weighted by molar-refractivity contribution is 7.81. The number of rotatable bonds is 8. The second kappa shape index (κ2) is 10.1. The van der Waals surface area contributed by atoms with Crippen molar-refractivity contribution in [3.8, 4) is 0 Å². The van der Waals surface area contributed by atoms with Gasteiger partial charge in [-0.25, -0.2) is 8.51 Å². The van der Waals surface area contributed by atoms with Crippen LogP contribution in [-0.2, 0) is 17.7 Å². The molecular formula is C20H21ClN4O3S2. The molecule has 0 fully saturated rings. The lowest BCUT2D eigenvalue weighted by molar-refractivity contribution is 0.0774. The van der Waals surface area contributed by atoms with E-state index in [-0.39, 0.29) is 23.0 Å². The van der Waals surface area contributed by atoms with Crippen LogP contribution in [0.5, 0.6) is 0 Å². The topological polar surface area (TPSA) is 86.6 Å². The molecule has 0 spiro atoms. The van der Waals surface area contributed by atoms with Gasteiger partial charge >= 0.3 is 0 Å². The molecule has 1 atom stereocenters. The maximum Gasteiger partial charge on any atom is 0.268 e. The number of halogens is 1. The minimum atomic E-state index is -2.50. The van der Waals surface area contributed by atoms with Crippen LogP contribution in [0.1, 0.15) is 35.5 Å². The monoisotopic (exact) mass is 464 g/mol. The molecule has 1 N–H and O–H groups in total. The summed E-state index contributed by atoms with van der Waals surface area (Å²) in [7, 11) is 0. The zero-order valence-corrected chi connectivity index (χ0v) is 18.9. The SMILES string of the molecule is CCN(CC)C(=O)c1ccc(Cl)cc1N(c1nsnc1Cc1ccccc1)S(=O)O. The van der Waals surface area contributed by atoms with Crippen molar-refractivity contribution in [2.24, 2.45) is 0 Å². The Kier molecular flexibility index (Phi) is 7.54. The first-order chi connectivity index (χ1) is 14.5. The summed E-state index contributed by atoms with van der Waals surface area (Å²) in [6.45, 7) is 4.77. The number of nitrogens with zero attached hydrogens (tertiary/aromatic N) is 4. The van der Waals surface area contributed by atoms with E-state index in [9.17, 15) is 13.6 Å². The third-order valence-electron chi connectivity index (χ3n) is 4.56. The first-order valence-electron chi connectivity index (χ1n) is 9.31. The number of anilines is 2. The standard InChI is InChI=1S/C20H21ClN4O3S2/c1-3-24(4-2)20(26)16-11-10-15(21)13-18(16)25(30(27)28)19-17(22-29-23-19)12-14-8-6-5-7-9-14/h5-11,13H,3-4,12H2,1-2H3,(H,27,28). The van der Waals surface area contributed by atoms with Crippen molar-refractivity contribution < 1.29 is 13.6 Å². The number of hydrogen-bond acceptors (Lipinski definition) is 5. The number of benzene rings is 2. The van der Waals surface area contributed by atoms with Crippen LogP contribution in [-0.4, -0.2) is 41.4 Å². The molecule has 0 aliphatic heterocycles. The lowest BCUT2D eigenvalue weighted by atomic mass is 10.1. The van der Waals surface area contributed by atoms with Gasteiger partial charge in [0.2, 0.25) is 0 Å². The molecule has 0 aliphatic carbocycles. The van der Waals surface area contributed by atoms with Crippen LogP contribution in [0.4, 0.5) is 11.5 Å². The van der Waals surface area contributed by atoms with Crippen LogP contribution in [0.2, 0.25) is 5.02 Å². The Hall–Kier alpha value is -2.33. The fourth-order valence-electron chi connectivity index (χ4n) is 3.06. The second-order valence-corrected chi connectivity index (χ2v) is 8.15. The van der Waals surface area contributed by atoms with Gasteiger partial charge in [0.25, 0.3) is 17.2 Å². The van der Waals surface area contributed by atoms with Crippen molar-refractivity contribution >= 4 is 52.0 Å². The minimum absolute atomic E-state index is 0.210. The van der Waals surface area contributed by atoms with E-state index in [1.807, 2.05) is 44.2 Å². The maximum absolute atomic E-state index is 13.1. The van der Waals surface area contributed by atoms with E-state index < -0.39 is 11.3 Å². The number of carbonyl (C=O) groups is 1. The molecule has 3 aromatic rings. The average molecular weight is 465 g/mol. The van der Waals surface area contributed by atoms with Crippen LogP contribution in [0.25, 0.3) is 0 Å². The Morgan fingerprint density at radius 2 is 1.83 bits per heavy atom. The number of amides is 1. The summed E-state index contributed by atoms with van der Waals surface area (Å²) in [5.74, 6) is -0.0320. The molecule has 1 heterocycles. The van der Waals surface area contributed by atoms with Crippen molar-refractivity contribution in [3.05, 3.63) is 70.4 Å². The molecule has 0 saturated heterocycles. The quantitative estimate of drug-likeness (QED) is 0.494. The fraction of sp³-hybridized carbons (Fsp3) is 0.250. The molecule has 1 aromatic heterocycles. The van der Waals surface area contributed by atoms with E-state index in [2.05, 4.69) is 8.75 Å². The van der Waals surface area contributed by atoms with Crippen LogP contribution in [0, 0.1) is 0 Å². The third-order valence-corrected chi connectivity index (χ3v) is 6.03. The molecule has 2 aromatic carbocycles. The highest BCUT2D eigenvalue weighted by atomic mass is 35.5. The Morgan fingerprint density at radius 1 is 1.13 bits per heavy atom. The molecule has 10 heteroatoms.